The first-order chi connectivity index (χ1) is 9.04. The Hall–Kier alpha value is -0.380. The van der Waals surface area contributed by atoms with Crippen LogP contribution in [0.1, 0.15) is 48.2 Å². The molecule has 0 saturated carbocycles. The monoisotopic (exact) mass is 279 g/mol. The van der Waals surface area contributed by atoms with Crippen molar-refractivity contribution in [3.05, 3.63) is 28.3 Å². The molecular formula is C16H27N2S. The molecule has 1 aromatic heterocycles. The van der Waals surface area contributed by atoms with Gasteiger partial charge in [-0.05, 0) is 63.7 Å². The zero-order valence-electron chi connectivity index (χ0n) is 12.8. The molecule has 1 unspecified atom stereocenters. The lowest BCUT2D eigenvalue weighted by Gasteiger charge is -2.39. The van der Waals surface area contributed by atoms with Gasteiger partial charge in [0.2, 0.25) is 0 Å². The van der Waals surface area contributed by atoms with Crippen LogP contribution in [-0.2, 0) is 0 Å². The summed E-state index contributed by atoms with van der Waals surface area (Å²) in [6.07, 6.45) is 3.80. The lowest BCUT2D eigenvalue weighted by Crippen LogP contribution is -2.43. The largest absolute Gasteiger partial charge is 0.306 e. The maximum Gasteiger partial charge on any atom is 0.0441 e. The first kappa shape index (κ1) is 15.0. The zero-order chi connectivity index (χ0) is 14.0. The predicted molar refractivity (Wildman–Crippen MR) is 84.8 cm³/mol. The Labute approximate surface area is 122 Å². The summed E-state index contributed by atoms with van der Waals surface area (Å²) >= 11 is 1.90. The number of thiophene rings is 1. The molecule has 1 aliphatic heterocycles. The van der Waals surface area contributed by atoms with Crippen LogP contribution in [0.2, 0.25) is 0 Å². The van der Waals surface area contributed by atoms with E-state index in [1.165, 1.54) is 48.4 Å². The summed E-state index contributed by atoms with van der Waals surface area (Å²) in [7, 11) is 4.41. The molecule has 3 heteroatoms. The molecule has 0 bridgehead atoms. The molecule has 2 nitrogen and oxygen atoms in total. The Kier molecular flexibility index (Phi) is 5.04. The fraction of sp³-hybridized carbons (Fsp3) is 0.688. The first-order valence-electron chi connectivity index (χ1n) is 7.35. The van der Waals surface area contributed by atoms with Crippen LogP contribution >= 0.6 is 11.3 Å². The molecule has 0 aliphatic carbocycles. The third-order valence-electron chi connectivity index (χ3n) is 4.54. The van der Waals surface area contributed by atoms with Crippen LogP contribution in [0.25, 0.3) is 0 Å². The van der Waals surface area contributed by atoms with Gasteiger partial charge in [-0.3, -0.25) is 4.90 Å². The minimum absolute atomic E-state index is 0.601. The quantitative estimate of drug-likeness (QED) is 0.829. The highest BCUT2D eigenvalue weighted by Crippen LogP contribution is 2.35. The van der Waals surface area contributed by atoms with Gasteiger partial charge >= 0.3 is 0 Å². The van der Waals surface area contributed by atoms with Crippen molar-refractivity contribution in [2.24, 2.45) is 0 Å². The average Bonchev–Trinajstić information content (AvgIpc) is 2.73. The van der Waals surface area contributed by atoms with Gasteiger partial charge in [0, 0.05) is 30.1 Å². The van der Waals surface area contributed by atoms with Crippen LogP contribution < -0.4 is 0 Å². The van der Waals surface area contributed by atoms with Crippen molar-refractivity contribution < 1.29 is 0 Å². The Morgan fingerprint density at radius 2 is 2.05 bits per heavy atom. The van der Waals surface area contributed by atoms with Gasteiger partial charge in [0.25, 0.3) is 0 Å². The van der Waals surface area contributed by atoms with E-state index in [4.69, 9.17) is 0 Å². The highest BCUT2D eigenvalue weighted by atomic mass is 32.1. The number of nitrogens with zero attached hydrogens (tertiary/aromatic N) is 2. The highest BCUT2D eigenvalue weighted by molar-refractivity contribution is 7.10. The second-order valence-electron chi connectivity index (χ2n) is 5.90. The summed E-state index contributed by atoms with van der Waals surface area (Å²) in [6, 6.07) is 1.37. The zero-order valence-corrected chi connectivity index (χ0v) is 13.6. The van der Waals surface area contributed by atoms with E-state index < -0.39 is 0 Å². The molecule has 107 valence electrons. The molecule has 2 rings (SSSR count). The maximum atomic E-state index is 4.12. The normalized spacial score (nSPS) is 20.1. The summed E-state index contributed by atoms with van der Waals surface area (Å²) in [5, 5.41) is 2.21. The molecule has 1 aliphatic rings. The number of hydrogen-bond donors (Lipinski definition) is 0. The van der Waals surface area contributed by atoms with Crippen molar-refractivity contribution in [2.75, 3.05) is 27.2 Å². The van der Waals surface area contributed by atoms with Crippen LogP contribution in [0.4, 0.5) is 0 Å². The molecule has 1 saturated heterocycles. The van der Waals surface area contributed by atoms with Gasteiger partial charge in [0.1, 0.15) is 0 Å². The summed E-state index contributed by atoms with van der Waals surface area (Å²) in [6.45, 7) is 11.1. The topological polar surface area (TPSA) is 6.48 Å². The van der Waals surface area contributed by atoms with E-state index in [0.29, 0.717) is 6.04 Å². The average molecular weight is 279 g/mol. The molecular weight excluding hydrogens is 252 g/mol. The summed E-state index contributed by atoms with van der Waals surface area (Å²) in [5.41, 5.74) is 2.62. The van der Waals surface area contributed by atoms with Crippen molar-refractivity contribution in [2.45, 2.75) is 45.2 Å². The van der Waals surface area contributed by atoms with Crippen molar-refractivity contribution in [1.29, 1.82) is 0 Å². The van der Waals surface area contributed by atoms with Gasteiger partial charge in [-0.25, -0.2) is 0 Å². The molecule has 0 amide bonds. The molecule has 1 radical (unpaired) electrons. The maximum absolute atomic E-state index is 4.12. The van der Waals surface area contributed by atoms with Gasteiger partial charge in [-0.1, -0.05) is 6.92 Å². The second kappa shape index (κ2) is 6.38. The van der Waals surface area contributed by atoms with E-state index in [-0.39, 0.29) is 0 Å². The fourth-order valence-corrected chi connectivity index (χ4v) is 4.35. The molecule has 2 heterocycles. The number of likely N-dealkylation sites (tertiary alicyclic amines) is 1. The Bertz CT molecular complexity index is 403. The standard InChI is InChI=1S/C16H27N2S/c1-6-15(16-13(3)12(2)11-19-16)18-9-7-14(8-10-18)17(4)5/h11,14-15H,2,6-10H2,1,3-5H3. The van der Waals surface area contributed by atoms with Crippen molar-refractivity contribution in [1.82, 2.24) is 9.80 Å². The third kappa shape index (κ3) is 3.21. The van der Waals surface area contributed by atoms with E-state index in [2.05, 4.69) is 50.0 Å². The molecule has 0 spiro atoms. The predicted octanol–water partition coefficient (Wildman–Crippen LogP) is 3.72. The Morgan fingerprint density at radius 3 is 2.47 bits per heavy atom. The van der Waals surface area contributed by atoms with Crippen LogP contribution in [-0.4, -0.2) is 43.0 Å². The Morgan fingerprint density at radius 1 is 1.42 bits per heavy atom. The van der Waals surface area contributed by atoms with Gasteiger partial charge in [-0.15, -0.1) is 11.3 Å². The van der Waals surface area contributed by atoms with Gasteiger partial charge in [-0.2, -0.15) is 0 Å². The van der Waals surface area contributed by atoms with Crippen molar-refractivity contribution in [3.8, 4) is 0 Å². The molecule has 1 aromatic rings. The number of hydrogen-bond acceptors (Lipinski definition) is 3. The molecule has 0 aromatic carbocycles. The minimum atomic E-state index is 0.601. The first-order valence-corrected chi connectivity index (χ1v) is 8.23. The van der Waals surface area contributed by atoms with Gasteiger partial charge in [0.15, 0.2) is 0 Å². The minimum Gasteiger partial charge on any atom is -0.306 e. The lowest BCUT2D eigenvalue weighted by atomic mass is 9.99. The van der Waals surface area contributed by atoms with E-state index in [9.17, 15) is 0 Å². The van der Waals surface area contributed by atoms with Crippen molar-refractivity contribution >= 4 is 11.3 Å². The Balaban J connectivity index is 2.06. The van der Waals surface area contributed by atoms with E-state index in [1.54, 1.807) is 0 Å². The molecule has 1 atom stereocenters. The summed E-state index contributed by atoms with van der Waals surface area (Å²) < 4.78 is 0. The van der Waals surface area contributed by atoms with Gasteiger partial charge in [0.05, 0.1) is 0 Å². The van der Waals surface area contributed by atoms with Crippen LogP contribution in [0.5, 0.6) is 0 Å². The van der Waals surface area contributed by atoms with Gasteiger partial charge < -0.3 is 4.90 Å². The highest BCUT2D eigenvalue weighted by Gasteiger charge is 2.27. The third-order valence-corrected chi connectivity index (χ3v) is 5.77. The molecule has 1 fully saturated rings. The van der Waals surface area contributed by atoms with Crippen LogP contribution in [0, 0.1) is 13.8 Å². The number of rotatable bonds is 4. The molecule has 0 N–H and O–H groups in total. The smallest absolute Gasteiger partial charge is 0.0441 e. The lowest BCUT2D eigenvalue weighted by molar-refractivity contribution is 0.107. The van der Waals surface area contributed by atoms with Crippen LogP contribution in [0.3, 0.4) is 0 Å². The molecule has 19 heavy (non-hydrogen) atoms. The van der Waals surface area contributed by atoms with E-state index in [1.807, 2.05) is 11.3 Å². The van der Waals surface area contributed by atoms with E-state index >= 15 is 0 Å². The van der Waals surface area contributed by atoms with Crippen LogP contribution in [0.15, 0.2) is 5.38 Å². The van der Waals surface area contributed by atoms with E-state index in [0.717, 1.165) is 6.04 Å². The second-order valence-corrected chi connectivity index (χ2v) is 6.82. The summed E-state index contributed by atoms with van der Waals surface area (Å²) in [4.78, 5) is 6.59. The number of piperidine rings is 1. The SMILES string of the molecule is [CH2]c1csc(C(CC)N2CCC(N(C)C)CC2)c1C. The summed E-state index contributed by atoms with van der Waals surface area (Å²) in [5.74, 6) is 0. The van der Waals surface area contributed by atoms with Crippen molar-refractivity contribution in [3.63, 3.8) is 0 Å². The fourth-order valence-electron chi connectivity index (χ4n) is 3.12.